The number of ether oxygens (including phenoxy) is 1. The van der Waals surface area contributed by atoms with Gasteiger partial charge in [0.15, 0.2) is 11.6 Å². The Morgan fingerprint density at radius 2 is 2.00 bits per heavy atom. The minimum absolute atomic E-state index is 0.0597. The first-order chi connectivity index (χ1) is 11.0. The Morgan fingerprint density at radius 3 is 2.70 bits per heavy atom. The molecule has 0 radical (unpaired) electrons. The van der Waals surface area contributed by atoms with E-state index in [-0.39, 0.29) is 18.3 Å². The van der Waals surface area contributed by atoms with Crippen molar-refractivity contribution in [3.8, 4) is 5.75 Å². The van der Waals surface area contributed by atoms with Crippen molar-refractivity contribution in [2.45, 2.75) is 11.8 Å². The minimum atomic E-state index is -0.398. The maximum absolute atomic E-state index is 13.5. The topological polar surface area (TPSA) is 29.5 Å². The molecule has 0 aliphatic heterocycles. The zero-order chi connectivity index (χ0) is 16.8. The van der Waals surface area contributed by atoms with Crippen molar-refractivity contribution in [1.82, 2.24) is 4.90 Å². The molecule has 2 aromatic rings. The van der Waals surface area contributed by atoms with E-state index in [1.54, 1.807) is 41.9 Å². The lowest BCUT2D eigenvalue weighted by molar-refractivity contribution is 0.0772. The highest BCUT2D eigenvalue weighted by atomic mass is 32.2. The molecule has 0 saturated carbocycles. The maximum Gasteiger partial charge on any atom is 0.254 e. The van der Waals surface area contributed by atoms with E-state index in [9.17, 15) is 9.18 Å². The summed E-state index contributed by atoms with van der Waals surface area (Å²) >= 11 is 1.60. The molecular weight excluding hydrogens is 313 g/mol. The molecule has 0 fully saturated rings. The van der Waals surface area contributed by atoms with Crippen molar-refractivity contribution in [2.24, 2.45) is 0 Å². The fraction of sp³-hybridized carbons (Fsp3) is 0.278. The molecule has 2 aromatic carbocycles. The van der Waals surface area contributed by atoms with E-state index in [4.69, 9.17) is 4.74 Å². The number of carbonyl (C=O) groups excluding carboxylic acids is 1. The fourth-order valence-electron chi connectivity index (χ4n) is 2.12. The van der Waals surface area contributed by atoms with E-state index in [1.165, 1.54) is 6.07 Å². The van der Waals surface area contributed by atoms with Gasteiger partial charge in [-0.15, -0.1) is 11.8 Å². The molecular formula is C18H20FNO2S. The Balaban J connectivity index is 1.96. The van der Waals surface area contributed by atoms with Crippen LogP contribution in [0.1, 0.15) is 15.9 Å². The summed E-state index contributed by atoms with van der Waals surface area (Å²) in [6.07, 6.45) is 1.98. The van der Waals surface area contributed by atoms with Crippen LogP contribution in [-0.4, -0.2) is 37.3 Å². The van der Waals surface area contributed by atoms with Gasteiger partial charge in [-0.2, -0.15) is 0 Å². The van der Waals surface area contributed by atoms with Gasteiger partial charge < -0.3 is 9.64 Å². The molecule has 3 nitrogen and oxygen atoms in total. The highest BCUT2D eigenvalue weighted by Crippen LogP contribution is 2.20. The van der Waals surface area contributed by atoms with Crippen LogP contribution in [0, 0.1) is 12.7 Å². The molecule has 0 saturated heterocycles. The molecule has 2 rings (SSSR count). The lowest BCUT2D eigenvalue weighted by atomic mass is 10.1. The summed E-state index contributed by atoms with van der Waals surface area (Å²) in [5, 5.41) is 0. The van der Waals surface area contributed by atoms with E-state index in [0.29, 0.717) is 12.1 Å². The number of nitrogens with zero attached hydrogens (tertiary/aromatic N) is 1. The average Bonchev–Trinajstić information content (AvgIpc) is 2.56. The first-order valence-electron chi connectivity index (χ1n) is 7.30. The second-order valence-corrected chi connectivity index (χ2v) is 6.07. The number of halogens is 1. The Hall–Kier alpha value is -2.01. The lowest BCUT2D eigenvalue weighted by Gasteiger charge is -2.19. The average molecular weight is 333 g/mol. The van der Waals surface area contributed by atoms with Crippen LogP contribution in [0.3, 0.4) is 0 Å². The van der Waals surface area contributed by atoms with Crippen molar-refractivity contribution >= 4 is 17.7 Å². The minimum Gasteiger partial charge on any atom is -0.489 e. The quantitative estimate of drug-likeness (QED) is 0.748. The van der Waals surface area contributed by atoms with Gasteiger partial charge in [0.05, 0.1) is 6.54 Å². The predicted octanol–water partition coefficient (Wildman–Crippen LogP) is 4.01. The van der Waals surface area contributed by atoms with Crippen LogP contribution in [0.4, 0.5) is 4.39 Å². The van der Waals surface area contributed by atoms with E-state index >= 15 is 0 Å². The number of aryl methyl sites for hydroxylation is 1. The molecule has 0 heterocycles. The molecule has 0 spiro atoms. The standard InChI is InChI=1S/C18H20FNO2S/c1-13-8-9-14(23-3)12-15(13)18(21)20(2)10-11-22-17-7-5-4-6-16(17)19/h4-9,12H,10-11H2,1-3H3. The smallest absolute Gasteiger partial charge is 0.254 e. The van der Waals surface area contributed by atoms with Crippen molar-refractivity contribution in [1.29, 1.82) is 0 Å². The third-order valence-electron chi connectivity index (χ3n) is 3.54. The maximum atomic E-state index is 13.5. The molecule has 23 heavy (non-hydrogen) atoms. The SMILES string of the molecule is CSc1ccc(C)c(C(=O)N(C)CCOc2ccccc2F)c1. The van der Waals surface area contributed by atoms with Gasteiger partial charge in [-0.25, -0.2) is 4.39 Å². The van der Waals surface area contributed by atoms with Gasteiger partial charge in [-0.3, -0.25) is 4.79 Å². The first kappa shape index (κ1) is 17.3. The number of hydrogen-bond donors (Lipinski definition) is 0. The van der Waals surface area contributed by atoms with Crippen molar-refractivity contribution in [3.05, 3.63) is 59.4 Å². The van der Waals surface area contributed by atoms with Crippen LogP contribution in [0.2, 0.25) is 0 Å². The van der Waals surface area contributed by atoms with Gasteiger partial charge in [0.2, 0.25) is 0 Å². The van der Waals surface area contributed by atoms with Crippen molar-refractivity contribution in [3.63, 3.8) is 0 Å². The van der Waals surface area contributed by atoms with Gasteiger partial charge in [0, 0.05) is 17.5 Å². The van der Waals surface area contributed by atoms with Gasteiger partial charge in [-0.1, -0.05) is 18.2 Å². The van der Waals surface area contributed by atoms with Crippen molar-refractivity contribution in [2.75, 3.05) is 26.5 Å². The number of likely N-dealkylation sites (N-methyl/N-ethyl adjacent to an activating group) is 1. The number of carbonyl (C=O) groups is 1. The number of para-hydroxylation sites is 1. The molecule has 0 N–H and O–H groups in total. The van der Waals surface area contributed by atoms with E-state index in [0.717, 1.165) is 10.5 Å². The molecule has 0 aliphatic rings. The number of rotatable bonds is 6. The Labute approximate surface area is 140 Å². The second kappa shape index (κ2) is 8.02. The van der Waals surface area contributed by atoms with Crippen LogP contribution in [0.5, 0.6) is 5.75 Å². The highest BCUT2D eigenvalue weighted by Gasteiger charge is 2.15. The molecule has 0 bridgehead atoms. The summed E-state index contributed by atoms with van der Waals surface area (Å²) in [6.45, 7) is 2.54. The van der Waals surface area contributed by atoms with Crippen LogP contribution in [-0.2, 0) is 0 Å². The lowest BCUT2D eigenvalue weighted by Crippen LogP contribution is -2.31. The van der Waals surface area contributed by atoms with Gasteiger partial charge in [0.25, 0.3) is 5.91 Å². The van der Waals surface area contributed by atoms with Crippen LogP contribution in [0.25, 0.3) is 0 Å². The normalized spacial score (nSPS) is 10.4. The number of amides is 1. The van der Waals surface area contributed by atoms with Gasteiger partial charge in [-0.05, 0) is 43.0 Å². The molecule has 0 aromatic heterocycles. The molecule has 0 atom stereocenters. The zero-order valence-electron chi connectivity index (χ0n) is 13.5. The van der Waals surface area contributed by atoms with Crippen LogP contribution >= 0.6 is 11.8 Å². The Morgan fingerprint density at radius 1 is 1.26 bits per heavy atom. The third kappa shape index (κ3) is 4.48. The van der Waals surface area contributed by atoms with Crippen molar-refractivity contribution < 1.29 is 13.9 Å². The summed E-state index contributed by atoms with van der Waals surface area (Å²) in [6, 6.07) is 12.1. The predicted molar refractivity (Wildman–Crippen MR) is 91.8 cm³/mol. The molecule has 5 heteroatoms. The second-order valence-electron chi connectivity index (χ2n) is 5.19. The number of hydrogen-bond acceptors (Lipinski definition) is 3. The van der Waals surface area contributed by atoms with E-state index in [1.807, 2.05) is 31.4 Å². The Kier molecular flexibility index (Phi) is 6.04. The molecule has 0 unspecified atom stereocenters. The monoisotopic (exact) mass is 333 g/mol. The number of thioether (sulfide) groups is 1. The van der Waals surface area contributed by atoms with Crippen LogP contribution in [0.15, 0.2) is 47.4 Å². The van der Waals surface area contributed by atoms with Crippen LogP contribution < -0.4 is 4.74 Å². The fourth-order valence-corrected chi connectivity index (χ4v) is 2.56. The Bertz CT molecular complexity index is 690. The zero-order valence-corrected chi connectivity index (χ0v) is 14.3. The summed E-state index contributed by atoms with van der Waals surface area (Å²) in [5.74, 6) is -0.255. The summed E-state index contributed by atoms with van der Waals surface area (Å²) in [4.78, 5) is 15.2. The largest absolute Gasteiger partial charge is 0.489 e. The number of benzene rings is 2. The first-order valence-corrected chi connectivity index (χ1v) is 8.53. The summed E-state index contributed by atoms with van der Waals surface area (Å²) < 4.78 is 18.9. The highest BCUT2D eigenvalue weighted by molar-refractivity contribution is 7.98. The van der Waals surface area contributed by atoms with E-state index in [2.05, 4.69) is 0 Å². The molecule has 122 valence electrons. The molecule has 0 aliphatic carbocycles. The summed E-state index contributed by atoms with van der Waals surface area (Å²) in [5.41, 5.74) is 1.62. The summed E-state index contributed by atoms with van der Waals surface area (Å²) in [7, 11) is 1.72. The van der Waals surface area contributed by atoms with Gasteiger partial charge >= 0.3 is 0 Å². The molecule has 1 amide bonds. The van der Waals surface area contributed by atoms with E-state index < -0.39 is 5.82 Å². The van der Waals surface area contributed by atoms with Gasteiger partial charge in [0.1, 0.15) is 6.61 Å². The third-order valence-corrected chi connectivity index (χ3v) is 4.27.